The minimum atomic E-state index is -4.43. The molecule has 0 aromatic carbocycles. The lowest BCUT2D eigenvalue weighted by molar-refractivity contribution is -0.147. The van der Waals surface area contributed by atoms with E-state index in [1.807, 2.05) is 0 Å². The van der Waals surface area contributed by atoms with E-state index in [9.17, 15) is 24.2 Å². The summed E-state index contributed by atoms with van der Waals surface area (Å²) in [5, 5.41) is 12.7. The average molecular weight is 902 g/mol. The summed E-state index contributed by atoms with van der Waals surface area (Å²) in [5.74, 6) is -0.535. The molecule has 0 aliphatic rings. The third-order valence-electron chi connectivity index (χ3n) is 10.3. The molecule has 0 aliphatic carbocycles. The Morgan fingerprint density at radius 1 is 0.508 bits per heavy atom. The van der Waals surface area contributed by atoms with Crippen molar-refractivity contribution < 1.29 is 37.9 Å². The molecule has 10 heteroatoms. The van der Waals surface area contributed by atoms with Crippen molar-refractivity contribution in [3.63, 3.8) is 0 Å². The number of esters is 1. The number of carbonyl (C=O) groups excluding carboxylic acids is 2. The van der Waals surface area contributed by atoms with Crippen LogP contribution in [0, 0.1) is 0 Å². The summed E-state index contributed by atoms with van der Waals surface area (Å²) in [6, 6.07) is 0. The van der Waals surface area contributed by atoms with Gasteiger partial charge in [0.2, 0.25) is 5.91 Å². The summed E-state index contributed by atoms with van der Waals surface area (Å²) in [6.07, 6.45) is 62.3. The molecule has 0 rings (SSSR count). The molecule has 0 saturated heterocycles. The highest BCUT2D eigenvalue weighted by atomic mass is 31.2. The van der Waals surface area contributed by atoms with Gasteiger partial charge in [-0.1, -0.05) is 189 Å². The van der Waals surface area contributed by atoms with Gasteiger partial charge in [0.15, 0.2) is 0 Å². The summed E-state index contributed by atoms with van der Waals surface area (Å²) in [5.41, 5.74) is 0. The zero-order valence-electron chi connectivity index (χ0n) is 40.0. The number of hydrogen-bond donors (Lipinski definition) is 3. The Morgan fingerprint density at radius 3 is 1.37 bits per heavy atom. The highest BCUT2D eigenvalue weighted by Gasteiger charge is 2.23. The normalized spacial score (nSPS) is 13.9. The van der Waals surface area contributed by atoms with Crippen molar-refractivity contribution >= 4 is 19.7 Å². The van der Waals surface area contributed by atoms with Crippen molar-refractivity contribution in [3.8, 4) is 0 Å². The highest BCUT2D eigenvalue weighted by Crippen LogP contribution is 2.42. The number of ether oxygens (including phenoxy) is 1. The first-order valence-corrected chi connectivity index (χ1v) is 26.6. The third-order valence-corrected chi connectivity index (χ3v) is 11.3. The number of unbranched alkanes of at least 4 members (excludes halogenated alkanes) is 19. The largest absolute Gasteiger partial charge is 0.472 e. The molecule has 63 heavy (non-hydrogen) atoms. The minimum absolute atomic E-state index is 0.0741. The Balaban J connectivity index is 3.62. The quantitative estimate of drug-likeness (QED) is 0.0238. The van der Waals surface area contributed by atoms with Crippen LogP contribution in [0.1, 0.15) is 206 Å². The summed E-state index contributed by atoms with van der Waals surface area (Å²) < 4.78 is 27.0. The maximum atomic E-state index is 12.1. The standard InChI is InChI=1S/C53H92NO8P/c1-3-5-7-9-11-13-15-17-19-21-23-24-25-26-28-30-32-34-36-38-40-42-44-46-53(57)60-49-51(55)50-62-63(58,59)61-48-47-54-52(56)45-43-41-39-37-35-33-31-29-27-22-20-18-16-14-12-10-8-6-4-2/h5,7,11-14,17-20,23-24,26,28,51,55H,3-4,6,8-10,15-16,21-22,25,27,29-50H2,1-2H3,(H,54,56)(H,58,59)/b7-5-,13-11-,14-12-,19-17-,20-18-,24-23-,28-26-. The lowest BCUT2D eigenvalue weighted by Gasteiger charge is -2.15. The van der Waals surface area contributed by atoms with E-state index in [2.05, 4.69) is 104 Å². The van der Waals surface area contributed by atoms with E-state index in [0.717, 1.165) is 89.9 Å². The number of allylic oxidation sites excluding steroid dienone is 14. The van der Waals surface area contributed by atoms with Crippen LogP contribution in [0.5, 0.6) is 0 Å². The number of hydrogen-bond acceptors (Lipinski definition) is 7. The van der Waals surface area contributed by atoms with Crippen molar-refractivity contribution in [2.45, 2.75) is 213 Å². The van der Waals surface area contributed by atoms with E-state index < -0.39 is 26.5 Å². The first kappa shape index (κ1) is 60.2. The minimum Gasteiger partial charge on any atom is -0.463 e. The van der Waals surface area contributed by atoms with Crippen LogP contribution in [0.2, 0.25) is 0 Å². The van der Waals surface area contributed by atoms with Crippen molar-refractivity contribution in [3.05, 3.63) is 85.1 Å². The van der Waals surface area contributed by atoms with E-state index in [1.54, 1.807) is 0 Å². The fourth-order valence-corrected chi connectivity index (χ4v) is 7.31. The van der Waals surface area contributed by atoms with Crippen LogP contribution in [0.4, 0.5) is 0 Å². The molecule has 0 radical (unpaired) electrons. The zero-order chi connectivity index (χ0) is 46.0. The number of aliphatic hydroxyl groups excluding tert-OH is 1. The summed E-state index contributed by atoms with van der Waals surface area (Å²) >= 11 is 0. The summed E-state index contributed by atoms with van der Waals surface area (Å²) in [7, 11) is -4.43. The first-order valence-electron chi connectivity index (χ1n) is 25.1. The fraction of sp³-hybridized carbons (Fsp3) is 0.698. The van der Waals surface area contributed by atoms with Gasteiger partial charge >= 0.3 is 13.8 Å². The van der Waals surface area contributed by atoms with E-state index in [-0.39, 0.29) is 32.1 Å². The van der Waals surface area contributed by atoms with Crippen LogP contribution in [-0.2, 0) is 27.9 Å². The third kappa shape index (κ3) is 50.1. The molecule has 0 aromatic heterocycles. The molecule has 2 unspecified atom stereocenters. The number of aliphatic hydroxyl groups is 1. The number of phosphoric ester groups is 1. The number of phosphoric acid groups is 1. The molecule has 2 atom stereocenters. The van der Waals surface area contributed by atoms with E-state index in [4.69, 9.17) is 13.8 Å². The highest BCUT2D eigenvalue weighted by molar-refractivity contribution is 7.47. The van der Waals surface area contributed by atoms with Gasteiger partial charge in [-0.25, -0.2) is 4.57 Å². The lowest BCUT2D eigenvalue weighted by Crippen LogP contribution is -2.27. The summed E-state index contributed by atoms with van der Waals surface area (Å²) in [4.78, 5) is 34.1. The molecule has 0 saturated carbocycles. The zero-order valence-corrected chi connectivity index (χ0v) is 40.9. The molecule has 0 aromatic rings. The van der Waals surface area contributed by atoms with Gasteiger partial charge in [-0.15, -0.1) is 0 Å². The SMILES string of the molecule is CC/C=C\C/C=C\C/C=C\C/C=C\C/C=C\CCCCCCCCCC(=O)OCC(O)COP(=O)(O)OCCNC(=O)CCCCCCCCCCC/C=C\C/C=C\CCCCC. The second kappa shape index (κ2) is 48.6. The van der Waals surface area contributed by atoms with Crippen LogP contribution in [0.3, 0.4) is 0 Å². The number of carbonyl (C=O) groups is 2. The fourth-order valence-electron chi connectivity index (χ4n) is 6.55. The molecule has 0 aliphatic heterocycles. The number of nitrogens with one attached hydrogen (secondary N) is 1. The molecule has 3 N–H and O–H groups in total. The molecule has 0 fully saturated rings. The van der Waals surface area contributed by atoms with Gasteiger partial charge in [0.1, 0.15) is 12.7 Å². The molecule has 0 bridgehead atoms. The number of amides is 1. The average Bonchev–Trinajstić information content (AvgIpc) is 3.27. The van der Waals surface area contributed by atoms with Gasteiger partial charge in [-0.05, 0) is 89.9 Å². The monoisotopic (exact) mass is 902 g/mol. The molecular formula is C53H92NO8P. The Morgan fingerprint density at radius 2 is 0.905 bits per heavy atom. The van der Waals surface area contributed by atoms with Crippen LogP contribution >= 0.6 is 7.82 Å². The smallest absolute Gasteiger partial charge is 0.463 e. The van der Waals surface area contributed by atoms with E-state index in [0.29, 0.717) is 6.42 Å². The lowest BCUT2D eigenvalue weighted by atomic mass is 10.1. The predicted octanol–water partition coefficient (Wildman–Crippen LogP) is 14.8. The number of rotatable bonds is 46. The first-order chi connectivity index (χ1) is 30.8. The van der Waals surface area contributed by atoms with E-state index in [1.165, 1.54) is 89.9 Å². The molecule has 0 heterocycles. The van der Waals surface area contributed by atoms with Crippen LogP contribution < -0.4 is 5.32 Å². The second-order valence-electron chi connectivity index (χ2n) is 16.4. The van der Waals surface area contributed by atoms with Gasteiger partial charge in [-0.2, -0.15) is 0 Å². The van der Waals surface area contributed by atoms with Crippen LogP contribution in [-0.4, -0.2) is 54.3 Å². The Bertz CT molecular complexity index is 1300. The maximum absolute atomic E-state index is 12.1. The van der Waals surface area contributed by atoms with Crippen LogP contribution in [0.15, 0.2) is 85.1 Å². The Labute approximate surface area is 385 Å². The molecule has 9 nitrogen and oxygen atoms in total. The van der Waals surface area contributed by atoms with E-state index >= 15 is 0 Å². The Kier molecular flexibility index (Phi) is 46.5. The second-order valence-corrected chi connectivity index (χ2v) is 17.9. The van der Waals surface area contributed by atoms with Gasteiger partial charge in [0.05, 0.1) is 13.2 Å². The van der Waals surface area contributed by atoms with Gasteiger partial charge in [0, 0.05) is 19.4 Å². The topological polar surface area (TPSA) is 131 Å². The van der Waals surface area contributed by atoms with Crippen molar-refractivity contribution in [1.82, 2.24) is 5.32 Å². The van der Waals surface area contributed by atoms with Crippen molar-refractivity contribution in [2.75, 3.05) is 26.4 Å². The van der Waals surface area contributed by atoms with Gasteiger partial charge < -0.3 is 20.1 Å². The van der Waals surface area contributed by atoms with Gasteiger partial charge in [-0.3, -0.25) is 18.6 Å². The summed E-state index contributed by atoms with van der Waals surface area (Å²) in [6.45, 7) is 3.40. The van der Waals surface area contributed by atoms with Crippen molar-refractivity contribution in [1.29, 1.82) is 0 Å². The molecule has 0 spiro atoms. The van der Waals surface area contributed by atoms with Crippen molar-refractivity contribution in [2.24, 2.45) is 0 Å². The molecule has 1 amide bonds. The van der Waals surface area contributed by atoms with Crippen LogP contribution in [0.25, 0.3) is 0 Å². The molecular weight excluding hydrogens is 810 g/mol. The maximum Gasteiger partial charge on any atom is 0.472 e. The predicted molar refractivity (Wildman–Crippen MR) is 266 cm³/mol. The van der Waals surface area contributed by atoms with Gasteiger partial charge in [0.25, 0.3) is 0 Å². The Hall–Kier alpha value is -2.81. The molecule has 362 valence electrons.